The number of unbranched alkanes of at least 4 members (excludes halogenated alkanes) is 22. The van der Waals surface area contributed by atoms with E-state index < -0.39 is 6.10 Å². The van der Waals surface area contributed by atoms with Gasteiger partial charge in [-0.25, -0.2) is 0 Å². The number of ether oxygens (including phenoxy) is 3. The first-order chi connectivity index (χ1) is 40.5. The highest BCUT2D eigenvalue weighted by Crippen LogP contribution is 2.15. The van der Waals surface area contributed by atoms with E-state index in [4.69, 9.17) is 14.2 Å². The molecule has 0 N–H and O–H groups in total. The first-order valence-corrected chi connectivity index (χ1v) is 33.5. The first-order valence-electron chi connectivity index (χ1n) is 33.5. The average molecular weight is 1130 g/mol. The van der Waals surface area contributed by atoms with Gasteiger partial charge in [0, 0.05) is 19.3 Å². The summed E-state index contributed by atoms with van der Waals surface area (Å²) in [5.74, 6) is -0.983. The third kappa shape index (κ3) is 65.8. The molecule has 0 saturated carbocycles. The van der Waals surface area contributed by atoms with Gasteiger partial charge in [-0.3, -0.25) is 14.4 Å². The Morgan fingerprint density at radius 1 is 0.256 bits per heavy atom. The lowest BCUT2D eigenvalue weighted by Gasteiger charge is -2.18. The highest BCUT2D eigenvalue weighted by atomic mass is 16.6. The molecule has 462 valence electrons. The second kappa shape index (κ2) is 68.5. The molecule has 0 rings (SSSR count). The molecule has 0 aromatic carbocycles. The molecule has 0 amide bonds. The number of allylic oxidation sites excluding steroid dienone is 26. The van der Waals surface area contributed by atoms with Crippen LogP contribution in [0.5, 0.6) is 0 Å². The molecular weight excluding hydrogens is 1010 g/mol. The summed E-state index contributed by atoms with van der Waals surface area (Å²) in [6.07, 6.45) is 99.7. The van der Waals surface area contributed by atoms with Gasteiger partial charge in [-0.05, 0) is 141 Å². The van der Waals surface area contributed by atoms with Crippen molar-refractivity contribution in [2.75, 3.05) is 13.2 Å². The second-order valence-electron chi connectivity index (χ2n) is 21.6. The smallest absolute Gasteiger partial charge is 0.306 e. The topological polar surface area (TPSA) is 78.9 Å². The summed E-state index contributed by atoms with van der Waals surface area (Å²) >= 11 is 0. The van der Waals surface area contributed by atoms with Crippen molar-refractivity contribution in [3.8, 4) is 0 Å². The van der Waals surface area contributed by atoms with Crippen molar-refractivity contribution in [2.24, 2.45) is 0 Å². The van der Waals surface area contributed by atoms with E-state index in [1.165, 1.54) is 109 Å². The van der Waals surface area contributed by atoms with Crippen molar-refractivity contribution in [1.82, 2.24) is 0 Å². The standard InChI is InChI=1S/C76H122O6/c1-4-7-10-13-16-19-22-25-28-31-33-34-35-36-37-38-39-40-41-42-43-46-48-51-54-57-60-63-66-69-75(78)81-72-73(71-80-74(77)68-65-62-59-56-53-50-47-44-30-27-24-21-18-15-12-9-6-3)82-76(79)70-67-64-61-58-55-52-49-45-32-29-26-23-20-17-14-11-8-5-2/h7,9-10,12,16,18-19,21,25,27-30,32-34,36-37,39-40,42-43,48,51,57,60,73H,4-6,8,11,13-15,17,20,22-24,26,31,35,38,41,44-47,49-50,52-56,58-59,61-72H2,1-3H3/b10-7-,12-9-,19-16-,21-18-,28-25-,30-27-,32-29-,34-33-,37-36-,40-39-,43-42-,51-48-,60-57-. The Morgan fingerprint density at radius 2 is 0.488 bits per heavy atom. The Morgan fingerprint density at radius 3 is 0.805 bits per heavy atom. The zero-order valence-electron chi connectivity index (χ0n) is 52.9. The maximum absolute atomic E-state index is 12.9. The predicted octanol–water partition coefficient (Wildman–Crippen LogP) is 23.3. The van der Waals surface area contributed by atoms with Gasteiger partial charge in [-0.2, -0.15) is 0 Å². The first kappa shape index (κ1) is 77.0. The van der Waals surface area contributed by atoms with E-state index in [-0.39, 0.29) is 37.5 Å². The minimum atomic E-state index is -0.817. The van der Waals surface area contributed by atoms with Crippen molar-refractivity contribution in [3.63, 3.8) is 0 Å². The van der Waals surface area contributed by atoms with Crippen LogP contribution in [0.2, 0.25) is 0 Å². The van der Waals surface area contributed by atoms with Gasteiger partial charge in [-0.1, -0.05) is 281 Å². The van der Waals surface area contributed by atoms with E-state index in [1.54, 1.807) is 0 Å². The molecule has 0 heterocycles. The number of hydrogen-bond donors (Lipinski definition) is 0. The normalized spacial score (nSPS) is 13.2. The number of carbonyl (C=O) groups excluding carboxylic acids is 3. The van der Waals surface area contributed by atoms with Crippen molar-refractivity contribution >= 4 is 17.9 Å². The van der Waals surface area contributed by atoms with Crippen LogP contribution in [0.1, 0.15) is 284 Å². The lowest BCUT2D eigenvalue weighted by molar-refractivity contribution is -0.167. The van der Waals surface area contributed by atoms with Crippen LogP contribution < -0.4 is 0 Å². The van der Waals surface area contributed by atoms with Crippen molar-refractivity contribution in [3.05, 3.63) is 158 Å². The van der Waals surface area contributed by atoms with Crippen molar-refractivity contribution < 1.29 is 28.6 Å². The summed E-state index contributed by atoms with van der Waals surface area (Å²) in [5, 5.41) is 0. The molecule has 6 nitrogen and oxygen atoms in total. The van der Waals surface area contributed by atoms with Crippen LogP contribution >= 0.6 is 0 Å². The van der Waals surface area contributed by atoms with E-state index in [0.29, 0.717) is 19.3 Å². The number of carbonyl (C=O) groups is 3. The molecule has 1 unspecified atom stereocenters. The Kier molecular flexibility index (Phi) is 64.4. The lowest BCUT2D eigenvalue weighted by Crippen LogP contribution is -2.30. The maximum Gasteiger partial charge on any atom is 0.306 e. The summed E-state index contributed by atoms with van der Waals surface area (Å²) in [6.45, 7) is 6.36. The number of rotatable bonds is 59. The molecule has 0 aromatic heterocycles. The van der Waals surface area contributed by atoms with Crippen molar-refractivity contribution in [2.45, 2.75) is 290 Å². The van der Waals surface area contributed by atoms with Gasteiger partial charge in [0.05, 0.1) is 0 Å². The van der Waals surface area contributed by atoms with Crippen LogP contribution in [0.3, 0.4) is 0 Å². The molecule has 0 radical (unpaired) electrons. The molecule has 0 saturated heterocycles. The summed E-state index contributed by atoms with van der Waals surface area (Å²) in [7, 11) is 0. The van der Waals surface area contributed by atoms with Gasteiger partial charge < -0.3 is 14.2 Å². The molecule has 0 spiro atoms. The van der Waals surface area contributed by atoms with Crippen LogP contribution in [0.4, 0.5) is 0 Å². The Hall–Kier alpha value is -4.97. The highest BCUT2D eigenvalue weighted by Gasteiger charge is 2.19. The fourth-order valence-corrected chi connectivity index (χ4v) is 8.81. The molecule has 0 aliphatic rings. The fraction of sp³-hybridized carbons (Fsp3) is 0.618. The Labute approximate surface area is 505 Å². The van der Waals surface area contributed by atoms with E-state index >= 15 is 0 Å². The van der Waals surface area contributed by atoms with E-state index in [0.717, 1.165) is 128 Å². The van der Waals surface area contributed by atoms with Gasteiger partial charge >= 0.3 is 17.9 Å². The molecule has 0 aliphatic heterocycles. The van der Waals surface area contributed by atoms with Gasteiger partial charge in [-0.15, -0.1) is 0 Å². The second-order valence-corrected chi connectivity index (χ2v) is 21.6. The Bertz CT molecular complexity index is 1830. The van der Waals surface area contributed by atoms with Crippen LogP contribution in [0, 0.1) is 0 Å². The van der Waals surface area contributed by atoms with E-state index in [9.17, 15) is 14.4 Å². The molecule has 82 heavy (non-hydrogen) atoms. The maximum atomic E-state index is 12.9. The van der Waals surface area contributed by atoms with E-state index in [1.807, 2.05) is 0 Å². The largest absolute Gasteiger partial charge is 0.462 e. The highest BCUT2D eigenvalue weighted by molar-refractivity contribution is 5.71. The average Bonchev–Trinajstić information content (AvgIpc) is 3.47. The minimum Gasteiger partial charge on any atom is -0.462 e. The summed E-state index contributed by atoms with van der Waals surface area (Å²) in [4.78, 5) is 38.4. The summed E-state index contributed by atoms with van der Waals surface area (Å²) in [6, 6.07) is 0. The van der Waals surface area contributed by atoms with Gasteiger partial charge in [0.2, 0.25) is 0 Å². The monoisotopic (exact) mass is 1130 g/mol. The predicted molar refractivity (Wildman–Crippen MR) is 357 cm³/mol. The summed E-state index contributed by atoms with van der Waals surface area (Å²) in [5.41, 5.74) is 0. The van der Waals surface area contributed by atoms with Crippen LogP contribution in [-0.2, 0) is 28.6 Å². The molecule has 0 aromatic rings. The summed E-state index contributed by atoms with van der Waals surface area (Å²) < 4.78 is 16.9. The molecule has 0 aliphatic carbocycles. The number of esters is 3. The SMILES string of the molecule is CC/C=C\C/C=C\C/C=C\C/C=C\C/C=C\C/C=C\C/C=C\C/C=C\C/C=C\CCCC(=O)OCC(COC(=O)CCCCCCCCC/C=C\C/C=C\C/C=C\CC)OC(=O)CCCCCCCCC/C=C\CCCCCCCCC. The number of hydrogen-bond acceptors (Lipinski definition) is 6. The van der Waals surface area contributed by atoms with Crippen LogP contribution in [0.25, 0.3) is 0 Å². The van der Waals surface area contributed by atoms with Gasteiger partial charge in [0.1, 0.15) is 13.2 Å². The van der Waals surface area contributed by atoms with Gasteiger partial charge in [0.15, 0.2) is 6.10 Å². The molecule has 1 atom stereocenters. The molecule has 0 fully saturated rings. The van der Waals surface area contributed by atoms with Crippen LogP contribution in [0.15, 0.2) is 158 Å². The quantitative estimate of drug-likeness (QED) is 0.0261. The van der Waals surface area contributed by atoms with E-state index in [2.05, 4.69) is 179 Å². The molecule has 0 bridgehead atoms. The lowest BCUT2D eigenvalue weighted by atomic mass is 10.1. The molecule has 6 heteroatoms. The third-order valence-electron chi connectivity index (χ3n) is 13.7. The zero-order chi connectivity index (χ0) is 59.2. The Balaban J connectivity index is 4.50. The van der Waals surface area contributed by atoms with Crippen LogP contribution in [-0.4, -0.2) is 37.2 Å². The molecular formula is C76H122O6. The fourth-order valence-electron chi connectivity index (χ4n) is 8.81. The third-order valence-corrected chi connectivity index (χ3v) is 13.7. The minimum absolute atomic E-state index is 0.108. The zero-order valence-corrected chi connectivity index (χ0v) is 52.9. The van der Waals surface area contributed by atoms with Gasteiger partial charge in [0.25, 0.3) is 0 Å². The van der Waals surface area contributed by atoms with Crippen molar-refractivity contribution in [1.29, 1.82) is 0 Å².